The smallest absolute Gasteiger partial charge is 0.236 e. The average Bonchev–Trinajstić information content (AvgIpc) is 2.43. The van der Waals surface area contributed by atoms with Gasteiger partial charge in [-0.3, -0.25) is 9.69 Å². The van der Waals surface area contributed by atoms with Crippen LogP contribution in [0.4, 0.5) is 0 Å². The SMILES string of the molecule is CN(CC(=O)N1CCNCC1)Cc1cc(Cl)ccc1Br. The summed E-state index contributed by atoms with van der Waals surface area (Å²) in [5.41, 5.74) is 1.09. The predicted octanol–water partition coefficient (Wildman–Crippen LogP) is 1.97. The van der Waals surface area contributed by atoms with E-state index >= 15 is 0 Å². The first-order valence-electron chi connectivity index (χ1n) is 6.67. The van der Waals surface area contributed by atoms with Gasteiger partial charge in [-0.05, 0) is 30.8 Å². The van der Waals surface area contributed by atoms with Gasteiger partial charge in [0, 0.05) is 42.2 Å². The number of amides is 1. The third-order valence-corrected chi connectivity index (χ3v) is 4.33. The van der Waals surface area contributed by atoms with Gasteiger partial charge in [0.05, 0.1) is 6.54 Å². The monoisotopic (exact) mass is 359 g/mol. The minimum absolute atomic E-state index is 0.187. The molecule has 0 aliphatic carbocycles. The Morgan fingerprint density at radius 2 is 2.15 bits per heavy atom. The van der Waals surface area contributed by atoms with Crippen molar-refractivity contribution >= 4 is 33.4 Å². The van der Waals surface area contributed by atoms with Gasteiger partial charge in [-0.25, -0.2) is 0 Å². The van der Waals surface area contributed by atoms with Crippen LogP contribution in [0.1, 0.15) is 5.56 Å². The first-order chi connectivity index (χ1) is 9.56. The summed E-state index contributed by atoms with van der Waals surface area (Å²) in [7, 11) is 1.95. The summed E-state index contributed by atoms with van der Waals surface area (Å²) < 4.78 is 1.02. The number of hydrogen-bond donors (Lipinski definition) is 1. The van der Waals surface area contributed by atoms with E-state index in [9.17, 15) is 4.79 Å². The molecule has 1 saturated heterocycles. The van der Waals surface area contributed by atoms with Gasteiger partial charge in [-0.2, -0.15) is 0 Å². The molecular weight excluding hydrogens is 342 g/mol. The fourth-order valence-corrected chi connectivity index (χ4v) is 2.82. The number of piperazine rings is 1. The zero-order valence-electron chi connectivity index (χ0n) is 11.5. The van der Waals surface area contributed by atoms with Crippen LogP contribution in [0.2, 0.25) is 5.02 Å². The normalized spacial score (nSPS) is 15.7. The van der Waals surface area contributed by atoms with Crippen molar-refractivity contribution in [2.45, 2.75) is 6.54 Å². The van der Waals surface area contributed by atoms with E-state index in [2.05, 4.69) is 21.2 Å². The molecule has 1 aromatic carbocycles. The van der Waals surface area contributed by atoms with Crippen molar-refractivity contribution in [3.63, 3.8) is 0 Å². The topological polar surface area (TPSA) is 35.6 Å². The highest BCUT2D eigenvalue weighted by molar-refractivity contribution is 9.10. The molecule has 0 spiro atoms. The Morgan fingerprint density at radius 3 is 2.85 bits per heavy atom. The van der Waals surface area contributed by atoms with E-state index < -0.39 is 0 Å². The lowest BCUT2D eigenvalue weighted by Gasteiger charge is -2.29. The van der Waals surface area contributed by atoms with Gasteiger partial charge in [0.25, 0.3) is 0 Å². The Kier molecular flexibility index (Phi) is 5.84. The molecule has 2 rings (SSSR count). The summed E-state index contributed by atoms with van der Waals surface area (Å²) in [6, 6.07) is 5.71. The average molecular weight is 361 g/mol. The number of nitrogens with one attached hydrogen (secondary N) is 1. The molecule has 1 aliphatic rings. The van der Waals surface area contributed by atoms with Crippen LogP contribution in [0.5, 0.6) is 0 Å². The molecule has 0 atom stereocenters. The molecule has 0 saturated carbocycles. The van der Waals surface area contributed by atoms with Crippen LogP contribution in [0.15, 0.2) is 22.7 Å². The fourth-order valence-electron chi connectivity index (χ4n) is 2.26. The van der Waals surface area contributed by atoms with Gasteiger partial charge >= 0.3 is 0 Å². The van der Waals surface area contributed by atoms with Crippen LogP contribution in [0.3, 0.4) is 0 Å². The van der Waals surface area contributed by atoms with E-state index in [1.54, 1.807) is 0 Å². The van der Waals surface area contributed by atoms with Crippen LogP contribution in [-0.4, -0.2) is 55.5 Å². The lowest BCUT2D eigenvalue weighted by atomic mass is 10.2. The molecule has 1 amide bonds. The second-order valence-corrected chi connectivity index (χ2v) is 6.33. The molecule has 110 valence electrons. The molecule has 0 aromatic heterocycles. The number of hydrogen-bond acceptors (Lipinski definition) is 3. The number of rotatable bonds is 4. The van der Waals surface area contributed by atoms with E-state index in [-0.39, 0.29) is 5.91 Å². The number of carbonyl (C=O) groups excluding carboxylic acids is 1. The zero-order chi connectivity index (χ0) is 14.5. The van der Waals surface area contributed by atoms with Gasteiger partial charge in [0.2, 0.25) is 5.91 Å². The Morgan fingerprint density at radius 1 is 1.45 bits per heavy atom. The van der Waals surface area contributed by atoms with E-state index in [0.717, 1.165) is 36.2 Å². The maximum absolute atomic E-state index is 12.2. The van der Waals surface area contributed by atoms with Crippen LogP contribution < -0.4 is 5.32 Å². The van der Waals surface area contributed by atoms with Gasteiger partial charge in [0.1, 0.15) is 0 Å². The summed E-state index contributed by atoms with van der Waals surface area (Å²) in [5.74, 6) is 0.187. The molecule has 0 radical (unpaired) electrons. The van der Waals surface area contributed by atoms with Crippen molar-refractivity contribution in [3.8, 4) is 0 Å². The minimum atomic E-state index is 0.187. The molecule has 20 heavy (non-hydrogen) atoms. The lowest BCUT2D eigenvalue weighted by molar-refractivity contribution is -0.132. The summed E-state index contributed by atoms with van der Waals surface area (Å²) in [4.78, 5) is 16.1. The van der Waals surface area contributed by atoms with Crippen molar-refractivity contribution in [1.82, 2.24) is 15.1 Å². The second-order valence-electron chi connectivity index (χ2n) is 5.04. The summed E-state index contributed by atoms with van der Waals surface area (Å²) in [6.45, 7) is 4.49. The Labute approximate surface area is 133 Å². The van der Waals surface area contributed by atoms with Gasteiger partial charge in [-0.15, -0.1) is 0 Å². The third kappa shape index (κ3) is 4.45. The number of benzene rings is 1. The minimum Gasteiger partial charge on any atom is -0.339 e. The number of nitrogens with zero attached hydrogens (tertiary/aromatic N) is 2. The molecule has 1 heterocycles. The highest BCUT2D eigenvalue weighted by Crippen LogP contribution is 2.22. The predicted molar refractivity (Wildman–Crippen MR) is 84.9 cm³/mol. The van der Waals surface area contributed by atoms with Gasteiger partial charge < -0.3 is 10.2 Å². The molecule has 1 N–H and O–H groups in total. The number of likely N-dealkylation sites (N-methyl/N-ethyl adjacent to an activating group) is 1. The third-order valence-electron chi connectivity index (χ3n) is 3.32. The van der Waals surface area contributed by atoms with Crippen LogP contribution >= 0.6 is 27.5 Å². The summed E-state index contributed by atoms with van der Waals surface area (Å²) in [6.07, 6.45) is 0. The van der Waals surface area contributed by atoms with Crippen molar-refractivity contribution < 1.29 is 4.79 Å². The van der Waals surface area contributed by atoms with Gasteiger partial charge in [0.15, 0.2) is 0 Å². The Hall–Kier alpha value is -0.620. The quantitative estimate of drug-likeness (QED) is 0.892. The number of halogens is 2. The van der Waals surface area contributed by atoms with Crippen LogP contribution in [-0.2, 0) is 11.3 Å². The molecule has 0 unspecified atom stereocenters. The van der Waals surface area contributed by atoms with E-state index in [4.69, 9.17) is 11.6 Å². The molecule has 1 fully saturated rings. The number of carbonyl (C=O) groups is 1. The van der Waals surface area contributed by atoms with Crippen molar-refractivity contribution in [1.29, 1.82) is 0 Å². The molecule has 0 bridgehead atoms. The first kappa shape index (κ1) is 15.8. The van der Waals surface area contributed by atoms with Crippen LogP contribution in [0, 0.1) is 0 Å². The molecule has 1 aliphatic heterocycles. The Balaban J connectivity index is 1.89. The molecule has 1 aromatic rings. The maximum atomic E-state index is 12.2. The maximum Gasteiger partial charge on any atom is 0.236 e. The standard InChI is InChI=1S/C14H19BrClN3O/c1-18(9-11-8-12(16)2-3-13(11)15)10-14(20)19-6-4-17-5-7-19/h2-3,8,17H,4-7,9-10H2,1H3. The van der Waals surface area contributed by atoms with Crippen molar-refractivity contribution in [2.24, 2.45) is 0 Å². The first-order valence-corrected chi connectivity index (χ1v) is 7.84. The molecule has 4 nitrogen and oxygen atoms in total. The summed E-state index contributed by atoms with van der Waals surface area (Å²) >= 11 is 9.52. The Bertz CT molecular complexity index is 477. The lowest BCUT2D eigenvalue weighted by Crippen LogP contribution is -2.49. The highest BCUT2D eigenvalue weighted by Gasteiger charge is 2.17. The largest absolute Gasteiger partial charge is 0.339 e. The molecule has 6 heteroatoms. The zero-order valence-corrected chi connectivity index (χ0v) is 13.9. The molecular formula is C14H19BrClN3O. The van der Waals surface area contributed by atoms with E-state index in [1.807, 2.05) is 35.0 Å². The second kappa shape index (κ2) is 7.41. The fraction of sp³-hybridized carbons (Fsp3) is 0.500. The summed E-state index contributed by atoms with van der Waals surface area (Å²) in [5, 5.41) is 3.96. The van der Waals surface area contributed by atoms with E-state index in [1.165, 1.54) is 0 Å². The van der Waals surface area contributed by atoms with E-state index in [0.29, 0.717) is 18.1 Å². The highest BCUT2D eigenvalue weighted by atomic mass is 79.9. The van der Waals surface area contributed by atoms with Crippen molar-refractivity contribution in [2.75, 3.05) is 39.8 Å². The van der Waals surface area contributed by atoms with Crippen molar-refractivity contribution in [3.05, 3.63) is 33.3 Å². The van der Waals surface area contributed by atoms with Gasteiger partial charge in [-0.1, -0.05) is 27.5 Å². The van der Waals surface area contributed by atoms with Crippen LogP contribution in [0.25, 0.3) is 0 Å².